The molecule has 9 unspecified atom stereocenters. The third-order valence-corrected chi connectivity index (χ3v) is 15.7. The first-order valence-corrected chi connectivity index (χ1v) is 20.0. The fraction of sp³-hybridized carbons (Fsp3) is 0.455. The second kappa shape index (κ2) is 10.4. The molecule has 0 radical (unpaired) electrons. The first-order valence-electron chi connectivity index (χ1n) is 15.1. The summed E-state index contributed by atoms with van der Waals surface area (Å²) >= 11 is 3.52. The molecule has 10 heteroatoms. The van der Waals surface area contributed by atoms with Crippen molar-refractivity contribution in [1.29, 1.82) is 0 Å². The molecule has 0 aromatic heterocycles. The average molecular weight is 842 g/mol. The minimum atomic E-state index is -4.73. The summed E-state index contributed by atoms with van der Waals surface area (Å²) in [5.41, 5.74) is 3.06. The van der Waals surface area contributed by atoms with Gasteiger partial charge >= 0.3 is 10.1 Å². The summed E-state index contributed by atoms with van der Waals surface area (Å²) in [4.78, 5) is -0.0379. The Hall–Kier alpha value is -1.22. The van der Waals surface area contributed by atoms with E-state index in [1.807, 2.05) is 0 Å². The summed E-state index contributed by atoms with van der Waals surface area (Å²) in [5.74, 6) is 3.31. The van der Waals surface area contributed by atoms with Crippen LogP contribution in [0.25, 0.3) is 0 Å². The van der Waals surface area contributed by atoms with Crippen LogP contribution in [0.15, 0.2) is 70.5 Å². The zero-order valence-corrected chi connectivity index (χ0v) is 29.2. The van der Waals surface area contributed by atoms with Crippen molar-refractivity contribution in [1.82, 2.24) is 0 Å². The molecule has 0 spiro atoms. The van der Waals surface area contributed by atoms with E-state index in [1.165, 1.54) is 24.1 Å². The van der Waals surface area contributed by atoms with E-state index in [2.05, 4.69) is 48.6 Å². The first kappa shape index (κ1) is 29.2. The van der Waals surface area contributed by atoms with Crippen molar-refractivity contribution in [2.24, 2.45) is 35.5 Å². The predicted octanol–water partition coefficient (Wildman–Crippen LogP) is 7.61. The van der Waals surface area contributed by atoms with E-state index in [9.17, 15) is 21.4 Å². The molecule has 3 fully saturated rings. The van der Waals surface area contributed by atoms with Gasteiger partial charge in [-0.05, 0) is 166 Å². The molecule has 0 amide bonds. The molecule has 0 saturated heterocycles. The molecule has 2 aromatic rings. The van der Waals surface area contributed by atoms with E-state index in [-0.39, 0.29) is 29.6 Å². The normalized spacial score (nSPS) is 35.1. The Morgan fingerprint density at radius 1 is 0.605 bits per heavy atom. The Morgan fingerprint density at radius 3 is 1.42 bits per heavy atom. The second-order valence-corrected chi connectivity index (χ2v) is 18.5. The zero-order chi connectivity index (χ0) is 29.8. The predicted molar refractivity (Wildman–Crippen MR) is 178 cm³/mol. The van der Waals surface area contributed by atoms with Crippen molar-refractivity contribution >= 4 is 65.4 Å². The van der Waals surface area contributed by atoms with Crippen LogP contribution in [-0.2, 0) is 20.2 Å². The van der Waals surface area contributed by atoms with E-state index in [1.54, 1.807) is 45.2 Å². The summed E-state index contributed by atoms with van der Waals surface area (Å²) in [5, 5.41) is 0. The summed E-state index contributed by atoms with van der Waals surface area (Å²) in [6.07, 6.45) is 20.1. The van der Waals surface area contributed by atoms with Crippen LogP contribution in [0.3, 0.4) is 0 Å². The number of hydrogen-bond acceptors (Lipinski definition) is 6. The largest absolute Gasteiger partial charge is 0.744 e. The molecule has 9 atom stereocenters. The van der Waals surface area contributed by atoms with Gasteiger partial charge in [0, 0.05) is 7.14 Å². The van der Waals surface area contributed by atoms with Crippen LogP contribution in [-0.4, -0.2) is 21.4 Å². The van der Waals surface area contributed by atoms with Crippen LogP contribution >= 0.6 is 45.2 Å². The van der Waals surface area contributed by atoms with Crippen molar-refractivity contribution in [3.8, 4) is 5.75 Å². The lowest BCUT2D eigenvalue weighted by molar-refractivity contribution is 0.461. The summed E-state index contributed by atoms with van der Waals surface area (Å²) in [6.45, 7) is 0. The molecule has 6 aliphatic rings. The van der Waals surface area contributed by atoms with Gasteiger partial charge in [-0.15, -0.1) is 0 Å². The maximum Gasteiger partial charge on any atom is 0.339 e. The third kappa shape index (κ3) is 5.00. The smallest absolute Gasteiger partial charge is 0.339 e. The number of fused-ring (bicyclic) bond motifs is 6. The number of hydrogen-bond donors (Lipinski definition) is 0. The molecular formula is C33H31I2O6S2-. The van der Waals surface area contributed by atoms with Gasteiger partial charge in [0.05, 0.1) is 4.90 Å². The van der Waals surface area contributed by atoms with E-state index in [0.717, 1.165) is 43.2 Å². The highest BCUT2D eigenvalue weighted by Gasteiger charge is 2.46. The van der Waals surface area contributed by atoms with Gasteiger partial charge in [-0.1, -0.05) is 48.6 Å². The maximum atomic E-state index is 14.6. The molecule has 0 aliphatic heterocycles. The van der Waals surface area contributed by atoms with Gasteiger partial charge in [-0.25, -0.2) is 8.42 Å². The van der Waals surface area contributed by atoms with Gasteiger partial charge in [0.25, 0.3) is 0 Å². The topological polar surface area (TPSA) is 101 Å². The lowest BCUT2D eigenvalue weighted by Gasteiger charge is -2.30. The monoisotopic (exact) mass is 841 g/mol. The standard InChI is InChI=1S/C33H32I2O6S2/c34-30-15-24(16-31(35)33(30)42(36,37)38)41-43(39,40)32-28(26-11-18-2-5-21(26)8-18)13-23(25-10-17-1-4-20(25)7-17)14-29(32)27-12-19-3-6-22(27)9-19/h1-6,13-22,25-27H,7-12H2,(H,36,37,38)/p-1. The van der Waals surface area contributed by atoms with Crippen LogP contribution < -0.4 is 4.18 Å². The highest BCUT2D eigenvalue weighted by atomic mass is 127. The Morgan fingerprint density at radius 2 is 1.05 bits per heavy atom. The summed E-state index contributed by atoms with van der Waals surface area (Å²) in [7, 11) is -9.04. The van der Waals surface area contributed by atoms with Gasteiger partial charge in [0.15, 0.2) is 0 Å². The lowest BCUT2D eigenvalue weighted by atomic mass is 9.77. The summed E-state index contributed by atoms with van der Waals surface area (Å²) in [6, 6.07) is 7.09. The molecule has 6 nitrogen and oxygen atoms in total. The van der Waals surface area contributed by atoms with Crippen LogP contribution in [0, 0.1) is 42.6 Å². The van der Waals surface area contributed by atoms with Gasteiger partial charge in [0.1, 0.15) is 20.8 Å². The molecule has 8 rings (SSSR count). The SMILES string of the molecule is O=S(=O)([O-])c1c(I)cc(OS(=O)(=O)c2c(C3CC4C=CC3C4)cc(C3CC4C=CC3C4)cc2C2CC3C=CC2C3)cc1I. The number of halogens is 2. The maximum absolute atomic E-state index is 14.6. The van der Waals surface area contributed by atoms with Crippen LogP contribution in [0.5, 0.6) is 5.75 Å². The van der Waals surface area contributed by atoms with Crippen LogP contribution in [0.2, 0.25) is 0 Å². The third-order valence-electron chi connectivity index (χ3n) is 10.9. The summed E-state index contributed by atoms with van der Waals surface area (Å²) < 4.78 is 70.9. The Labute approximate surface area is 280 Å². The quantitative estimate of drug-likeness (QED) is 0.123. The van der Waals surface area contributed by atoms with Crippen molar-refractivity contribution in [3.63, 3.8) is 0 Å². The Kier molecular flexibility index (Phi) is 7.06. The molecule has 226 valence electrons. The van der Waals surface area contributed by atoms with E-state index >= 15 is 0 Å². The van der Waals surface area contributed by atoms with E-state index < -0.39 is 20.2 Å². The van der Waals surface area contributed by atoms with Gasteiger partial charge < -0.3 is 8.74 Å². The molecule has 6 bridgehead atoms. The van der Waals surface area contributed by atoms with Crippen LogP contribution in [0.1, 0.15) is 73.0 Å². The van der Waals surface area contributed by atoms with E-state index in [0.29, 0.717) is 46.3 Å². The first-order chi connectivity index (χ1) is 20.4. The van der Waals surface area contributed by atoms with Crippen molar-refractivity contribution < 1.29 is 25.6 Å². The Balaban J connectivity index is 1.29. The van der Waals surface area contributed by atoms with Gasteiger partial charge in [-0.3, -0.25) is 0 Å². The molecule has 43 heavy (non-hydrogen) atoms. The molecule has 2 aromatic carbocycles. The lowest BCUT2D eigenvalue weighted by Crippen LogP contribution is -2.22. The van der Waals surface area contributed by atoms with Crippen LogP contribution in [0.4, 0.5) is 0 Å². The molecule has 3 saturated carbocycles. The highest BCUT2D eigenvalue weighted by molar-refractivity contribution is 14.1. The van der Waals surface area contributed by atoms with Crippen molar-refractivity contribution in [2.45, 2.75) is 66.1 Å². The minimum Gasteiger partial charge on any atom is -0.744 e. The fourth-order valence-corrected chi connectivity index (χ4v) is 14.5. The molecule has 0 N–H and O–H groups in total. The van der Waals surface area contributed by atoms with Crippen molar-refractivity contribution in [3.05, 3.63) is 84.6 Å². The average Bonchev–Trinajstić information content (AvgIpc) is 3.79. The van der Waals surface area contributed by atoms with Gasteiger partial charge in [-0.2, -0.15) is 8.42 Å². The second-order valence-electron chi connectivity index (χ2n) is 13.4. The van der Waals surface area contributed by atoms with E-state index in [4.69, 9.17) is 4.18 Å². The molecular weight excluding hydrogens is 810 g/mol. The minimum absolute atomic E-state index is 0.0149. The number of rotatable bonds is 7. The van der Waals surface area contributed by atoms with Gasteiger partial charge in [0.2, 0.25) is 0 Å². The molecule has 6 aliphatic carbocycles. The number of benzene rings is 2. The van der Waals surface area contributed by atoms with Crippen molar-refractivity contribution in [2.75, 3.05) is 0 Å². The number of allylic oxidation sites excluding steroid dienone is 6. The molecule has 0 heterocycles. The highest BCUT2D eigenvalue weighted by Crippen LogP contribution is 2.57. The fourth-order valence-electron chi connectivity index (χ4n) is 9.18. The Bertz CT molecular complexity index is 1770. The zero-order valence-electron chi connectivity index (χ0n) is 23.2.